The Morgan fingerprint density at radius 1 is 0.926 bits per heavy atom. The lowest BCUT2D eigenvalue weighted by Gasteiger charge is -2.11. The van der Waals surface area contributed by atoms with E-state index in [1.54, 1.807) is 43.3 Å². The fourth-order valence-corrected chi connectivity index (χ4v) is 2.11. The number of esters is 1. The maximum absolute atomic E-state index is 12.1. The predicted molar refractivity (Wildman–Crippen MR) is 96.5 cm³/mol. The number of hydrogen-bond acceptors (Lipinski definition) is 6. The Morgan fingerprint density at radius 3 is 2.33 bits per heavy atom. The molecule has 0 unspecified atom stereocenters. The van der Waals surface area contributed by atoms with Crippen molar-refractivity contribution in [3.8, 4) is 11.5 Å². The van der Waals surface area contributed by atoms with Crippen LogP contribution in [0.3, 0.4) is 0 Å². The maximum atomic E-state index is 12.1. The Hall–Kier alpha value is -3.55. The third-order valence-electron chi connectivity index (χ3n) is 3.38. The number of carbonyl (C=O) groups excluding carboxylic acids is 3. The molecule has 0 saturated heterocycles. The molecule has 142 valence electrons. The van der Waals surface area contributed by atoms with Gasteiger partial charge in [0.25, 0.3) is 11.8 Å². The minimum Gasteiger partial charge on any atom is -0.493 e. The van der Waals surface area contributed by atoms with E-state index >= 15 is 0 Å². The van der Waals surface area contributed by atoms with Crippen LogP contribution in [0.5, 0.6) is 11.5 Å². The molecular formula is C19H20N2O6. The lowest BCUT2D eigenvalue weighted by atomic mass is 10.2. The largest absolute Gasteiger partial charge is 0.493 e. The Balaban J connectivity index is 1.85. The molecule has 2 amide bonds. The van der Waals surface area contributed by atoms with E-state index in [0.29, 0.717) is 23.7 Å². The quantitative estimate of drug-likeness (QED) is 0.567. The molecule has 2 aromatic rings. The van der Waals surface area contributed by atoms with Gasteiger partial charge in [-0.3, -0.25) is 20.4 Å². The van der Waals surface area contributed by atoms with Gasteiger partial charge in [0.2, 0.25) is 0 Å². The minimum atomic E-state index is -0.705. The molecule has 0 radical (unpaired) electrons. The molecule has 0 saturated carbocycles. The van der Waals surface area contributed by atoms with E-state index in [1.807, 2.05) is 0 Å². The summed E-state index contributed by atoms with van der Waals surface area (Å²) in [5.41, 5.74) is 5.01. The van der Waals surface area contributed by atoms with Crippen molar-refractivity contribution in [2.24, 2.45) is 0 Å². The number of hydrogen-bond donors (Lipinski definition) is 2. The second kappa shape index (κ2) is 9.81. The summed E-state index contributed by atoms with van der Waals surface area (Å²) >= 11 is 0. The Morgan fingerprint density at radius 2 is 1.67 bits per heavy atom. The first kappa shape index (κ1) is 19.8. The molecule has 0 heterocycles. The van der Waals surface area contributed by atoms with Crippen LogP contribution in [-0.4, -0.2) is 38.1 Å². The monoisotopic (exact) mass is 372 g/mol. The Labute approximate surface area is 156 Å². The number of rotatable bonds is 7. The Kier molecular flexibility index (Phi) is 7.18. The highest BCUT2D eigenvalue weighted by Gasteiger charge is 2.14. The van der Waals surface area contributed by atoms with Gasteiger partial charge in [-0.1, -0.05) is 18.2 Å². The van der Waals surface area contributed by atoms with Gasteiger partial charge in [0, 0.05) is 5.56 Å². The fourth-order valence-electron chi connectivity index (χ4n) is 2.11. The van der Waals surface area contributed by atoms with Crippen LogP contribution < -0.4 is 20.3 Å². The van der Waals surface area contributed by atoms with Gasteiger partial charge in [0.1, 0.15) is 0 Å². The van der Waals surface area contributed by atoms with E-state index in [2.05, 4.69) is 10.9 Å². The topological polar surface area (TPSA) is 103 Å². The molecule has 2 aromatic carbocycles. The molecule has 27 heavy (non-hydrogen) atoms. The normalized spacial score (nSPS) is 9.85. The standard InChI is InChI=1S/C19H20N2O6/c1-3-26-16-11-14(9-10-15(16)25-2)19(24)27-12-17(22)20-21-18(23)13-7-5-4-6-8-13/h4-11H,3,12H2,1-2H3,(H,20,22)(H,21,23). The molecule has 8 heteroatoms. The molecule has 8 nitrogen and oxygen atoms in total. The zero-order valence-corrected chi connectivity index (χ0v) is 15.0. The van der Waals surface area contributed by atoms with Crippen LogP contribution in [0.1, 0.15) is 27.6 Å². The summed E-state index contributed by atoms with van der Waals surface area (Å²) in [6.45, 7) is 1.65. The average Bonchev–Trinajstić information content (AvgIpc) is 2.71. The molecule has 0 aliphatic carbocycles. The first-order valence-corrected chi connectivity index (χ1v) is 8.17. The van der Waals surface area contributed by atoms with Crippen molar-refractivity contribution in [2.45, 2.75) is 6.92 Å². The summed E-state index contributed by atoms with van der Waals surface area (Å²) in [6, 6.07) is 12.9. The van der Waals surface area contributed by atoms with Gasteiger partial charge in [0.15, 0.2) is 18.1 Å². The van der Waals surface area contributed by atoms with E-state index in [9.17, 15) is 14.4 Å². The summed E-state index contributed by atoms with van der Waals surface area (Å²) < 4.78 is 15.5. The van der Waals surface area contributed by atoms with E-state index in [0.717, 1.165) is 0 Å². The minimum absolute atomic E-state index is 0.209. The van der Waals surface area contributed by atoms with E-state index in [-0.39, 0.29) is 5.56 Å². The first-order chi connectivity index (χ1) is 13.0. The van der Waals surface area contributed by atoms with Crippen molar-refractivity contribution < 1.29 is 28.6 Å². The van der Waals surface area contributed by atoms with Crippen LogP contribution in [0, 0.1) is 0 Å². The maximum Gasteiger partial charge on any atom is 0.338 e. The molecule has 0 aromatic heterocycles. The second-order valence-electron chi connectivity index (χ2n) is 5.24. The van der Waals surface area contributed by atoms with Crippen LogP contribution in [-0.2, 0) is 9.53 Å². The molecule has 0 bridgehead atoms. The number of benzene rings is 2. The highest BCUT2D eigenvalue weighted by Crippen LogP contribution is 2.28. The number of hydrazine groups is 1. The van der Waals surface area contributed by atoms with Crippen LogP contribution in [0.25, 0.3) is 0 Å². The summed E-state index contributed by atoms with van der Waals surface area (Å²) in [6.07, 6.45) is 0. The van der Waals surface area contributed by atoms with Crippen LogP contribution in [0.15, 0.2) is 48.5 Å². The van der Waals surface area contributed by atoms with Gasteiger partial charge in [0.05, 0.1) is 19.3 Å². The summed E-state index contributed by atoms with van der Waals surface area (Å²) in [4.78, 5) is 35.6. The van der Waals surface area contributed by atoms with Crippen LogP contribution in [0.4, 0.5) is 0 Å². The molecular weight excluding hydrogens is 352 g/mol. The first-order valence-electron chi connectivity index (χ1n) is 8.17. The lowest BCUT2D eigenvalue weighted by molar-refractivity contribution is -0.125. The number of amides is 2. The third kappa shape index (κ3) is 5.74. The third-order valence-corrected chi connectivity index (χ3v) is 3.38. The van der Waals surface area contributed by atoms with Crippen molar-refractivity contribution >= 4 is 17.8 Å². The van der Waals surface area contributed by atoms with E-state index < -0.39 is 24.4 Å². The van der Waals surface area contributed by atoms with Gasteiger partial charge < -0.3 is 14.2 Å². The van der Waals surface area contributed by atoms with E-state index in [1.165, 1.54) is 19.2 Å². The average molecular weight is 372 g/mol. The molecule has 0 fully saturated rings. The Bertz CT molecular complexity index is 807. The van der Waals surface area contributed by atoms with Crippen molar-refractivity contribution in [2.75, 3.05) is 20.3 Å². The zero-order valence-electron chi connectivity index (χ0n) is 15.0. The SMILES string of the molecule is CCOc1cc(C(=O)OCC(=O)NNC(=O)c2ccccc2)ccc1OC. The van der Waals surface area contributed by atoms with Crippen LogP contribution in [0.2, 0.25) is 0 Å². The molecule has 0 spiro atoms. The summed E-state index contributed by atoms with van der Waals surface area (Å²) in [5, 5.41) is 0. The smallest absolute Gasteiger partial charge is 0.338 e. The number of nitrogens with one attached hydrogen (secondary N) is 2. The highest BCUT2D eigenvalue weighted by molar-refractivity contribution is 5.96. The highest BCUT2D eigenvalue weighted by atomic mass is 16.5. The second-order valence-corrected chi connectivity index (χ2v) is 5.24. The number of methoxy groups -OCH3 is 1. The van der Waals surface area contributed by atoms with Crippen LogP contribution >= 0.6 is 0 Å². The summed E-state index contributed by atoms with van der Waals surface area (Å²) in [7, 11) is 1.49. The van der Waals surface area contributed by atoms with Gasteiger partial charge in [-0.15, -0.1) is 0 Å². The van der Waals surface area contributed by atoms with Crippen molar-refractivity contribution in [3.05, 3.63) is 59.7 Å². The van der Waals surface area contributed by atoms with Gasteiger partial charge in [-0.2, -0.15) is 0 Å². The molecule has 0 aliphatic rings. The predicted octanol–water partition coefficient (Wildman–Crippen LogP) is 1.71. The molecule has 0 atom stereocenters. The van der Waals surface area contributed by atoms with Gasteiger partial charge in [-0.05, 0) is 37.3 Å². The molecule has 2 rings (SSSR count). The molecule has 0 aliphatic heterocycles. The molecule has 2 N–H and O–H groups in total. The van der Waals surface area contributed by atoms with Gasteiger partial charge in [-0.25, -0.2) is 4.79 Å². The van der Waals surface area contributed by atoms with Crippen molar-refractivity contribution in [1.82, 2.24) is 10.9 Å². The van der Waals surface area contributed by atoms with E-state index in [4.69, 9.17) is 14.2 Å². The van der Waals surface area contributed by atoms with Crippen molar-refractivity contribution in [1.29, 1.82) is 0 Å². The lowest BCUT2D eigenvalue weighted by Crippen LogP contribution is -2.43. The van der Waals surface area contributed by atoms with Gasteiger partial charge >= 0.3 is 5.97 Å². The zero-order chi connectivity index (χ0) is 19.6. The number of ether oxygens (including phenoxy) is 3. The summed E-state index contributed by atoms with van der Waals surface area (Å²) in [5.74, 6) is -0.982. The fraction of sp³-hybridized carbons (Fsp3) is 0.211. The van der Waals surface area contributed by atoms with Crippen molar-refractivity contribution in [3.63, 3.8) is 0 Å². The number of carbonyl (C=O) groups is 3.